The van der Waals surface area contributed by atoms with Gasteiger partial charge in [-0.1, -0.05) is 44.9 Å². The van der Waals surface area contributed by atoms with Crippen molar-refractivity contribution in [2.24, 2.45) is 51.8 Å². The Morgan fingerprint density at radius 3 is 2.53 bits per heavy atom. The van der Waals surface area contributed by atoms with Crippen molar-refractivity contribution in [1.29, 1.82) is 0 Å². The molecule has 1 N–H and O–H groups in total. The van der Waals surface area contributed by atoms with E-state index in [2.05, 4.69) is 26.8 Å². The summed E-state index contributed by atoms with van der Waals surface area (Å²) in [6.45, 7) is 8.44. The number of aliphatic carboxylic acids is 1. The summed E-state index contributed by atoms with van der Waals surface area (Å²) in [4.78, 5) is 53.0. The molecule has 3 saturated carbocycles. The Balaban J connectivity index is 1.48. The molecule has 4 fully saturated rings. The van der Waals surface area contributed by atoms with Crippen molar-refractivity contribution in [3.05, 3.63) is 46.0 Å². The molecule has 1 aromatic rings. The third-order valence-corrected chi connectivity index (χ3v) is 11.5. The SMILES string of the molecule is CC(C)C1=C[C@]23CC[C@@H]4[C@](C)(CCC[C@@]4(C)C(=O)O)[C@@H]2C[C@H]1[C@H]1C(=O)N(c2cccc([N+](=O)[O-])c2)C(=O)[C@H]13. The third-order valence-electron chi connectivity index (χ3n) is 11.5. The lowest BCUT2D eigenvalue weighted by Gasteiger charge is -2.68. The maximum Gasteiger partial charge on any atom is 0.309 e. The van der Waals surface area contributed by atoms with Gasteiger partial charge in [0.1, 0.15) is 0 Å². The predicted molar refractivity (Wildman–Crippen MR) is 140 cm³/mol. The van der Waals surface area contributed by atoms with Crippen LogP contribution in [-0.4, -0.2) is 27.8 Å². The Morgan fingerprint density at radius 2 is 1.87 bits per heavy atom. The third kappa shape index (κ3) is 3.00. The molecule has 1 saturated heterocycles. The minimum absolute atomic E-state index is 0.0191. The van der Waals surface area contributed by atoms with Gasteiger partial charge in [0.05, 0.1) is 27.9 Å². The number of benzene rings is 1. The molecular weight excluding hydrogens is 484 g/mol. The van der Waals surface area contributed by atoms with Crippen molar-refractivity contribution in [3.8, 4) is 0 Å². The molecule has 1 aromatic carbocycles. The van der Waals surface area contributed by atoms with Crippen molar-refractivity contribution in [2.75, 3.05) is 4.90 Å². The fraction of sp³-hybridized carbons (Fsp3) is 0.633. The molecular formula is C30H36N2O6. The summed E-state index contributed by atoms with van der Waals surface area (Å²) in [7, 11) is 0. The van der Waals surface area contributed by atoms with Crippen LogP contribution in [0.2, 0.25) is 0 Å². The number of carboxylic acid groups (broad SMARTS) is 1. The molecule has 1 heterocycles. The molecule has 1 spiro atoms. The van der Waals surface area contributed by atoms with Crippen molar-refractivity contribution < 1.29 is 24.4 Å². The molecule has 38 heavy (non-hydrogen) atoms. The summed E-state index contributed by atoms with van der Waals surface area (Å²) in [6.07, 6.45) is 6.97. The number of amides is 2. The Bertz CT molecular complexity index is 1300. The topological polar surface area (TPSA) is 118 Å². The normalized spacial score (nSPS) is 41.4. The van der Waals surface area contributed by atoms with Crippen molar-refractivity contribution in [3.63, 3.8) is 0 Å². The van der Waals surface area contributed by atoms with Crippen LogP contribution in [-0.2, 0) is 14.4 Å². The number of fused-ring (bicyclic) bond motifs is 1. The van der Waals surface area contributed by atoms with Crippen LogP contribution < -0.4 is 4.90 Å². The van der Waals surface area contributed by atoms with Crippen LogP contribution in [0.1, 0.15) is 66.2 Å². The van der Waals surface area contributed by atoms with Gasteiger partial charge in [0.2, 0.25) is 11.8 Å². The minimum Gasteiger partial charge on any atom is -0.481 e. The van der Waals surface area contributed by atoms with Gasteiger partial charge in [0.25, 0.3) is 5.69 Å². The van der Waals surface area contributed by atoms with Crippen LogP contribution in [0.4, 0.5) is 11.4 Å². The summed E-state index contributed by atoms with van der Waals surface area (Å²) in [6, 6.07) is 5.80. The Kier molecular flexibility index (Phi) is 5.31. The molecule has 8 heteroatoms. The van der Waals surface area contributed by atoms with Crippen LogP contribution in [0.5, 0.6) is 0 Å². The van der Waals surface area contributed by atoms with Crippen molar-refractivity contribution in [2.45, 2.75) is 66.2 Å². The molecule has 1 aliphatic heterocycles. The van der Waals surface area contributed by atoms with E-state index >= 15 is 0 Å². The zero-order chi connectivity index (χ0) is 27.4. The monoisotopic (exact) mass is 520 g/mol. The molecule has 0 unspecified atom stereocenters. The van der Waals surface area contributed by atoms with E-state index in [1.54, 1.807) is 6.07 Å². The van der Waals surface area contributed by atoms with Gasteiger partial charge in [-0.25, -0.2) is 4.90 Å². The van der Waals surface area contributed by atoms with E-state index in [1.165, 1.54) is 28.7 Å². The first kappa shape index (κ1) is 25.3. The van der Waals surface area contributed by atoms with E-state index in [1.807, 2.05) is 6.92 Å². The highest BCUT2D eigenvalue weighted by atomic mass is 16.6. The number of nitro benzene ring substituents is 1. The lowest BCUT2D eigenvalue weighted by molar-refractivity contribution is -0.384. The average Bonchev–Trinajstić information content (AvgIpc) is 3.15. The van der Waals surface area contributed by atoms with Gasteiger partial charge in [-0.2, -0.15) is 0 Å². The maximum absolute atomic E-state index is 14.3. The molecule has 6 aliphatic rings. The number of rotatable bonds is 4. The first-order valence-corrected chi connectivity index (χ1v) is 13.9. The molecule has 8 atom stereocenters. The zero-order valence-electron chi connectivity index (χ0n) is 22.5. The zero-order valence-corrected chi connectivity index (χ0v) is 22.5. The number of anilines is 1. The van der Waals surface area contributed by atoms with Crippen LogP contribution in [0.3, 0.4) is 0 Å². The van der Waals surface area contributed by atoms with Gasteiger partial charge < -0.3 is 5.11 Å². The van der Waals surface area contributed by atoms with E-state index < -0.39 is 33.6 Å². The molecule has 0 aromatic heterocycles. The van der Waals surface area contributed by atoms with E-state index in [9.17, 15) is 29.6 Å². The number of non-ortho nitro benzene ring substituents is 1. The van der Waals surface area contributed by atoms with Crippen LogP contribution in [0.25, 0.3) is 0 Å². The van der Waals surface area contributed by atoms with Gasteiger partial charge >= 0.3 is 5.97 Å². The largest absolute Gasteiger partial charge is 0.481 e. The second-order valence-corrected chi connectivity index (χ2v) is 13.3. The summed E-state index contributed by atoms with van der Waals surface area (Å²) < 4.78 is 0. The second-order valence-electron chi connectivity index (χ2n) is 13.3. The van der Waals surface area contributed by atoms with E-state index in [4.69, 9.17) is 0 Å². The molecule has 2 bridgehead atoms. The molecule has 202 valence electrons. The smallest absolute Gasteiger partial charge is 0.309 e. The summed E-state index contributed by atoms with van der Waals surface area (Å²) >= 11 is 0. The minimum atomic E-state index is -0.792. The van der Waals surface area contributed by atoms with E-state index in [0.29, 0.717) is 19.3 Å². The highest BCUT2D eigenvalue weighted by molar-refractivity contribution is 6.23. The van der Waals surface area contributed by atoms with Gasteiger partial charge in [0.15, 0.2) is 0 Å². The average molecular weight is 521 g/mol. The Morgan fingerprint density at radius 1 is 1.13 bits per heavy atom. The maximum atomic E-state index is 14.3. The number of carboxylic acids is 1. The Labute approximate surface area is 222 Å². The molecule has 5 aliphatic carbocycles. The highest BCUT2D eigenvalue weighted by Gasteiger charge is 2.73. The fourth-order valence-corrected chi connectivity index (χ4v) is 9.96. The standard InChI is InChI=1S/C30H36N2O6/c1-16(2)20-15-30-12-9-21-28(3,10-6-11-29(21,4)27(35)36)22(30)14-19(20)23-24(30)26(34)31(25(23)33)17-7-5-8-18(13-17)32(37)38/h5,7-8,13,15-16,19,21-24H,6,9-12,14H2,1-4H3,(H,35,36)/t19-,21-,22+,23-,24+,28+,29-,30-/m1/s1. The summed E-state index contributed by atoms with van der Waals surface area (Å²) in [5, 5.41) is 21.7. The lowest BCUT2D eigenvalue weighted by atomic mass is 9.34. The molecule has 2 amide bonds. The van der Waals surface area contributed by atoms with Gasteiger partial charge in [-0.15, -0.1) is 0 Å². The second kappa shape index (κ2) is 7.99. The summed E-state index contributed by atoms with van der Waals surface area (Å²) in [5.74, 6) is -1.95. The number of hydrogen-bond donors (Lipinski definition) is 1. The number of carbonyl (C=O) groups excluding carboxylic acids is 2. The van der Waals surface area contributed by atoms with E-state index in [-0.39, 0.29) is 52.3 Å². The van der Waals surface area contributed by atoms with E-state index in [0.717, 1.165) is 19.3 Å². The van der Waals surface area contributed by atoms with Crippen molar-refractivity contribution >= 4 is 29.2 Å². The number of allylic oxidation sites excluding steroid dienone is 2. The lowest BCUT2D eigenvalue weighted by Crippen LogP contribution is -2.65. The number of hydrogen-bond acceptors (Lipinski definition) is 5. The van der Waals surface area contributed by atoms with Gasteiger partial charge in [-0.05, 0) is 74.2 Å². The fourth-order valence-electron chi connectivity index (χ4n) is 9.96. The number of carbonyl (C=O) groups is 3. The first-order chi connectivity index (χ1) is 17.9. The van der Waals surface area contributed by atoms with Crippen LogP contribution >= 0.6 is 0 Å². The Hall–Kier alpha value is -3.03. The van der Waals surface area contributed by atoms with Gasteiger partial charge in [0, 0.05) is 17.5 Å². The molecule has 0 radical (unpaired) electrons. The first-order valence-electron chi connectivity index (χ1n) is 13.9. The number of imide groups is 1. The molecule has 8 nitrogen and oxygen atoms in total. The van der Waals surface area contributed by atoms with Crippen LogP contribution in [0.15, 0.2) is 35.9 Å². The quantitative estimate of drug-likeness (QED) is 0.239. The number of nitrogens with zero attached hydrogens (tertiary/aromatic N) is 2. The van der Waals surface area contributed by atoms with Gasteiger partial charge in [-0.3, -0.25) is 24.5 Å². The highest BCUT2D eigenvalue weighted by Crippen LogP contribution is 2.74. The number of nitro groups is 1. The summed E-state index contributed by atoms with van der Waals surface area (Å²) in [5.41, 5.74) is -0.195. The van der Waals surface area contributed by atoms with Crippen LogP contribution in [0, 0.1) is 61.9 Å². The predicted octanol–water partition coefficient (Wildman–Crippen LogP) is 5.61. The molecule has 7 rings (SSSR count). The van der Waals surface area contributed by atoms with Crippen molar-refractivity contribution in [1.82, 2.24) is 0 Å².